The number of unbranched alkanes of at least 4 members (excludes halogenated alkanes) is 27. The monoisotopic (exact) mass is 881 g/mol. The number of ether oxygens (including phenoxy) is 3. The predicted octanol–water partition coefficient (Wildman–Crippen LogP) is 17.6. The largest absolute Gasteiger partial charge is 0.462 e. The second-order valence-corrected chi connectivity index (χ2v) is 17.8. The number of rotatable bonds is 48. The Bertz CT molecular complexity index is 1150. The second kappa shape index (κ2) is 51.7. The molecule has 6 nitrogen and oxygen atoms in total. The van der Waals surface area contributed by atoms with Crippen LogP contribution in [0.5, 0.6) is 0 Å². The van der Waals surface area contributed by atoms with Gasteiger partial charge in [0.1, 0.15) is 13.2 Å². The Kier molecular flexibility index (Phi) is 49.4. The first kappa shape index (κ1) is 60.1. The van der Waals surface area contributed by atoms with Crippen molar-refractivity contribution in [2.45, 2.75) is 271 Å². The van der Waals surface area contributed by atoms with Crippen LogP contribution in [0.3, 0.4) is 0 Å². The van der Waals surface area contributed by atoms with Crippen molar-refractivity contribution in [2.24, 2.45) is 0 Å². The Hall–Kier alpha value is -2.89. The molecule has 0 aromatic carbocycles. The molecule has 0 aliphatic carbocycles. The first-order valence-corrected chi connectivity index (χ1v) is 26.8. The third-order valence-corrected chi connectivity index (χ3v) is 11.5. The maximum absolute atomic E-state index is 12.8. The van der Waals surface area contributed by atoms with Gasteiger partial charge in [0.25, 0.3) is 0 Å². The molecule has 0 radical (unpaired) electrons. The minimum atomic E-state index is -0.799. The van der Waals surface area contributed by atoms with Crippen molar-refractivity contribution in [1.82, 2.24) is 0 Å². The number of carbonyl (C=O) groups excluding carboxylic acids is 3. The topological polar surface area (TPSA) is 78.9 Å². The third kappa shape index (κ3) is 50.0. The van der Waals surface area contributed by atoms with Crippen LogP contribution in [0.4, 0.5) is 0 Å². The molecule has 0 bridgehead atoms. The summed E-state index contributed by atoms with van der Waals surface area (Å²) >= 11 is 0. The molecular formula is C57H100O6. The number of esters is 3. The van der Waals surface area contributed by atoms with Crippen molar-refractivity contribution < 1.29 is 28.6 Å². The SMILES string of the molecule is CCCCCC/C=C\CCCCCCCCCC(=O)OC[C@@H](COC(=O)CCC/C=C\C/C=C\C/C=C\CCCCCCCC)OC(=O)CCCCCCC/C=C\CCCCCC. The van der Waals surface area contributed by atoms with Gasteiger partial charge in [0.2, 0.25) is 0 Å². The molecule has 0 saturated heterocycles. The highest BCUT2D eigenvalue weighted by molar-refractivity contribution is 5.71. The van der Waals surface area contributed by atoms with E-state index in [-0.39, 0.29) is 37.5 Å². The predicted molar refractivity (Wildman–Crippen MR) is 270 cm³/mol. The molecular weight excluding hydrogens is 781 g/mol. The zero-order chi connectivity index (χ0) is 45.8. The fraction of sp³-hybridized carbons (Fsp3) is 0.772. The van der Waals surface area contributed by atoms with Crippen molar-refractivity contribution >= 4 is 17.9 Å². The van der Waals surface area contributed by atoms with Crippen molar-refractivity contribution in [3.05, 3.63) is 60.8 Å². The standard InChI is InChI=1S/C57H100O6/c1-4-7-10-13-16-19-22-25-27-28-30-33-35-38-41-44-47-50-56(59)62-53-54(63-57(60)51-48-45-42-39-36-31-24-21-18-15-12-9-6-3)52-61-55(58)49-46-43-40-37-34-32-29-26-23-20-17-14-11-8-5-2/h20-21,23-25,27,30,33,38,41,54H,4-19,22,26,28-29,31-32,34-37,39-40,42-53H2,1-3H3/b23-20-,24-21-,27-25-,33-30-,41-38-/t54-/m0/s1. The molecule has 1 atom stereocenters. The molecule has 0 heterocycles. The third-order valence-electron chi connectivity index (χ3n) is 11.5. The van der Waals surface area contributed by atoms with Gasteiger partial charge < -0.3 is 14.2 Å². The van der Waals surface area contributed by atoms with E-state index < -0.39 is 6.10 Å². The molecule has 0 saturated carbocycles. The molecule has 0 N–H and O–H groups in total. The number of allylic oxidation sites excluding steroid dienone is 10. The van der Waals surface area contributed by atoms with Gasteiger partial charge in [-0.1, -0.05) is 204 Å². The van der Waals surface area contributed by atoms with E-state index in [0.29, 0.717) is 19.3 Å². The van der Waals surface area contributed by atoms with Crippen LogP contribution in [-0.4, -0.2) is 37.2 Å². The van der Waals surface area contributed by atoms with Gasteiger partial charge in [0, 0.05) is 19.3 Å². The van der Waals surface area contributed by atoms with E-state index in [4.69, 9.17) is 14.2 Å². The van der Waals surface area contributed by atoms with Crippen molar-refractivity contribution in [2.75, 3.05) is 13.2 Å². The highest BCUT2D eigenvalue weighted by atomic mass is 16.6. The molecule has 0 fully saturated rings. The lowest BCUT2D eigenvalue weighted by molar-refractivity contribution is -0.167. The summed E-state index contributed by atoms with van der Waals surface area (Å²) in [4.78, 5) is 38.0. The van der Waals surface area contributed by atoms with E-state index in [1.165, 1.54) is 148 Å². The van der Waals surface area contributed by atoms with Gasteiger partial charge in [-0.05, 0) is 103 Å². The van der Waals surface area contributed by atoms with Gasteiger partial charge in [-0.3, -0.25) is 14.4 Å². The highest BCUT2D eigenvalue weighted by Gasteiger charge is 2.19. The molecule has 0 amide bonds. The Morgan fingerprint density at radius 2 is 0.587 bits per heavy atom. The summed E-state index contributed by atoms with van der Waals surface area (Å²) in [7, 11) is 0. The molecule has 0 aromatic rings. The molecule has 0 aliphatic rings. The van der Waals surface area contributed by atoms with Crippen LogP contribution in [0.1, 0.15) is 265 Å². The van der Waals surface area contributed by atoms with E-state index in [9.17, 15) is 14.4 Å². The van der Waals surface area contributed by atoms with Gasteiger partial charge in [-0.2, -0.15) is 0 Å². The molecule has 6 heteroatoms. The molecule has 0 aliphatic heterocycles. The Morgan fingerprint density at radius 3 is 0.984 bits per heavy atom. The zero-order valence-corrected chi connectivity index (χ0v) is 41.6. The first-order chi connectivity index (χ1) is 31.0. The van der Waals surface area contributed by atoms with Gasteiger partial charge in [-0.15, -0.1) is 0 Å². The van der Waals surface area contributed by atoms with Crippen LogP contribution >= 0.6 is 0 Å². The fourth-order valence-corrected chi connectivity index (χ4v) is 7.39. The highest BCUT2D eigenvalue weighted by Crippen LogP contribution is 2.14. The lowest BCUT2D eigenvalue weighted by Crippen LogP contribution is -2.30. The molecule has 364 valence electrons. The van der Waals surface area contributed by atoms with E-state index in [1.807, 2.05) is 0 Å². The quantitative estimate of drug-likeness (QED) is 0.0262. The van der Waals surface area contributed by atoms with Crippen molar-refractivity contribution in [3.8, 4) is 0 Å². The molecule has 0 aromatic heterocycles. The molecule has 0 spiro atoms. The normalized spacial score (nSPS) is 12.5. The number of carbonyl (C=O) groups is 3. The smallest absolute Gasteiger partial charge is 0.306 e. The van der Waals surface area contributed by atoms with Crippen molar-refractivity contribution in [1.29, 1.82) is 0 Å². The minimum absolute atomic E-state index is 0.0949. The summed E-state index contributed by atoms with van der Waals surface area (Å²) < 4.78 is 16.8. The van der Waals surface area contributed by atoms with E-state index >= 15 is 0 Å². The van der Waals surface area contributed by atoms with Crippen LogP contribution in [0.15, 0.2) is 60.8 Å². The van der Waals surface area contributed by atoms with Crippen LogP contribution in [0, 0.1) is 0 Å². The minimum Gasteiger partial charge on any atom is -0.462 e. The Labute approximate surface area is 390 Å². The van der Waals surface area contributed by atoms with E-state index in [1.54, 1.807) is 0 Å². The lowest BCUT2D eigenvalue weighted by atomic mass is 10.1. The Balaban J connectivity index is 4.45. The van der Waals surface area contributed by atoms with Crippen LogP contribution < -0.4 is 0 Å². The summed E-state index contributed by atoms with van der Waals surface area (Å²) in [5, 5.41) is 0. The summed E-state index contributed by atoms with van der Waals surface area (Å²) in [5.74, 6) is -0.958. The van der Waals surface area contributed by atoms with Gasteiger partial charge in [0.15, 0.2) is 6.10 Å². The van der Waals surface area contributed by atoms with Crippen LogP contribution in [-0.2, 0) is 28.6 Å². The first-order valence-electron chi connectivity index (χ1n) is 26.8. The average Bonchev–Trinajstić information content (AvgIpc) is 3.28. The maximum atomic E-state index is 12.8. The van der Waals surface area contributed by atoms with Gasteiger partial charge >= 0.3 is 17.9 Å². The maximum Gasteiger partial charge on any atom is 0.306 e. The van der Waals surface area contributed by atoms with Crippen molar-refractivity contribution in [3.63, 3.8) is 0 Å². The zero-order valence-electron chi connectivity index (χ0n) is 41.6. The summed E-state index contributed by atoms with van der Waals surface area (Å²) in [5.41, 5.74) is 0. The van der Waals surface area contributed by atoms with Crippen LogP contribution in [0.25, 0.3) is 0 Å². The van der Waals surface area contributed by atoms with Gasteiger partial charge in [-0.25, -0.2) is 0 Å². The molecule has 0 rings (SSSR count). The van der Waals surface area contributed by atoms with E-state index in [2.05, 4.69) is 81.5 Å². The second-order valence-electron chi connectivity index (χ2n) is 17.8. The van der Waals surface area contributed by atoms with Gasteiger partial charge in [0.05, 0.1) is 0 Å². The fourth-order valence-electron chi connectivity index (χ4n) is 7.39. The average molecular weight is 881 g/mol. The number of hydrogen-bond donors (Lipinski definition) is 0. The Morgan fingerprint density at radius 1 is 0.317 bits per heavy atom. The summed E-state index contributed by atoms with van der Waals surface area (Å²) in [6.45, 7) is 6.56. The lowest BCUT2D eigenvalue weighted by Gasteiger charge is -2.18. The summed E-state index contributed by atoms with van der Waals surface area (Å²) in [6.07, 6.45) is 63.5. The molecule has 0 unspecified atom stereocenters. The number of hydrogen-bond acceptors (Lipinski definition) is 6. The van der Waals surface area contributed by atoms with E-state index in [0.717, 1.165) is 70.6 Å². The summed E-state index contributed by atoms with van der Waals surface area (Å²) in [6, 6.07) is 0. The molecule has 63 heavy (non-hydrogen) atoms. The van der Waals surface area contributed by atoms with Crippen LogP contribution in [0.2, 0.25) is 0 Å².